The fourth-order valence-corrected chi connectivity index (χ4v) is 8.26. The number of hydrogen-bond donors (Lipinski definition) is 0. The highest BCUT2D eigenvalue weighted by Crippen LogP contribution is 2.45. The first-order chi connectivity index (χ1) is 24.8. The van der Waals surface area contributed by atoms with E-state index >= 15 is 0 Å². The second-order valence-electron chi connectivity index (χ2n) is 17.5. The van der Waals surface area contributed by atoms with Gasteiger partial charge >= 0.3 is 0 Å². The van der Waals surface area contributed by atoms with Crippen molar-refractivity contribution in [1.82, 2.24) is 19.9 Å². The van der Waals surface area contributed by atoms with E-state index < -0.39 is 11.1 Å². The third-order valence-electron chi connectivity index (χ3n) is 12.5. The highest BCUT2D eigenvalue weighted by molar-refractivity contribution is 5.88. The molecular formula is C45H74N4O4. The fourth-order valence-electron chi connectivity index (χ4n) is 8.26. The number of hydrogen-bond acceptors (Lipinski definition) is 6. The zero-order chi connectivity index (χ0) is 39.9. The van der Waals surface area contributed by atoms with Crippen LogP contribution in [0.15, 0.2) is 60.7 Å². The molecule has 0 N–H and O–H groups in total. The summed E-state index contributed by atoms with van der Waals surface area (Å²) in [5.74, 6) is 0.365. The normalized spacial score (nSPS) is 22.1. The largest absolute Gasteiger partial charge is 0.334 e. The molecular weight excluding hydrogens is 661 g/mol. The molecule has 2 heterocycles. The minimum atomic E-state index is -0.660. The number of benzene rings is 2. The zero-order valence-electron chi connectivity index (χ0n) is 36.0. The Bertz CT molecular complexity index is 1440. The zero-order valence-corrected chi connectivity index (χ0v) is 36.0. The standard InChI is InChI=1S/C23H38N2O2.C22H36N2O2/c1-8-22(9-2)18-24(21(5,6)7)20(26)23(10-3,11-4)25(22)27-17-19-15-13-12-14-16-19;1-8-21(7)19(25)23(20(4,5)6)17-22(9-2,10-3)24(21)26-16-18-14-12-11-13-15-18/h12-16H,8-11,17-18H2,1-7H3;11-15H,8-10,16-17H2,1-7H3. The summed E-state index contributed by atoms with van der Waals surface area (Å²) in [6, 6.07) is 20.4. The van der Waals surface area contributed by atoms with Crippen LogP contribution >= 0.6 is 0 Å². The maximum atomic E-state index is 13.7. The molecule has 8 heteroatoms. The monoisotopic (exact) mass is 735 g/mol. The molecule has 2 aromatic carbocycles. The van der Waals surface area contributed by atoms with Crippen LogP contribution in [0, 0.1) is 0 Å². The molecule has 2 saturated heterocycles. The first-order valence-corrected chi connectivity index (χ1v) is 20.4. The number of rotatable bonds is 13. The molecule has 298 valence electrons. The molecule has 53 heavy (non-hydrogen) atoms. The van der Waals surface area contributed by atoms with Gasteiger partial charge in [0.1, 0.15) is 11.1 Å². The molecule has 2 aliphatic rings. The molecule has 2 amide bonds. The van der Waals surface area contributed by atoms with Crippen LogP contribution < -0.4 is 0 Å². The third kappa shape index (κ3) is 9.03. The summed E-state index contributed by atoms with van der Waals surface area (Å²) in [7, 11) is 0. The lowest BCUT2D eigenvalue weighted by molar-refractivity contribution is -0.307. The predicted octanol–water partition coefficient (Wildman–Crippen LogP) is 9.97. The van der Waals surface area contributed by atoms with Crippen LogP contribution in [0.25, 0.3) is 0 Å². The second kappa shape index (κ2) is 17.8. The summed E-state index contributed by atoms with van der Waals surface area (Å²) in [5.41, 5.74) is 0.215. The van der Waals surface area contributed by atoms with E-state index in [1.54, 1.807) is 0 Å². The van der Waals surface area contributed by atoms with Gasteiger partial charge in [-0.05, 0) is 105 Å². The van der Waals surface area contributed by atoms with Crippen molar-refractivity contribution in [1.29, 1.82) is 0 Å². The van der Waals surface area contributed by atoms with Gasteiger partial charge in [0.2, 0.25) is 11.8 Å². The van der Waals surface area contributed by atoms with E-state index in [1.807, 2.05) is 43.3 Å². The molecule has 2 fully saturated rings. The SMILES string of the molecule is CCC1(CC)CN(C(C)(C)C)C(=O)C(C)(CC)N1OCc1ccccc1.CCC1(CC)CN(C(C)(C)C)C(=O)C(CC)(CC)N1OCc1ccccc1. The average Bonchev–Trinajstić information content (AvgIpc) is 3.15. The number of carbonyl (C=O) groups is 2. The molecule has 0 aromatic heterocycles. The van der Waals surface area contributed by atoms with Gasteiger partial charge in [-0.3, -0.25) is 19.3 Å². The minimum absolute atomic E-state index is 0.165. The minimum Gasteiger partial charge on any atom is -0.334 e. The van der Waals surface area contributed by atoms with E-state index in [1.165, 1.54) is 0 Å². The van der Waals surface area contributed by atoms with Crippen LogP contribution in [0.2, 0.25) is 0 Å². The van der Waals surface area contributed by atoms with Crippen molar-refractivity contribution >= 4 is 11.8 Å². The Labute approximate surface area is 323 Å². The molecule has 1 unspecified atom stereocenters. The van der Waals surface area contributed by atoms with Crippen molar-refractivity contribution in [2.75, 3.05) is 13.1 Å². The quantitative estimate of drug-likeness (QED) is 0.204. The molecule has 0 radical (unpaired) electrons. The van der Waals surface area contributed by atoms with Crippen LogP contribution in [0.5, 0.6) is 0 Å². The lowest BCUT2D eigenvalue weighted by Gasteiger charge is -2.60. The first-order valence-electron chi connectivity index (χ1n) is 20.4. The highest BCUT2D eigenvalue weighted by Gasteiger charge is 2.60. The Morgan fingerprint density at radius 1 is 0.528 bits per heavy atom. The van der Waals surface area contributed by atoms with Gasteiger partial charge in [-0.25, -0.2) is 0 Å². The van der Waals surface area contributed by atoms with Gasteiger partial charge < -0.3 is 9.80 Å². The Hall–Kier alpha value is -2.78. The smallest absolute Gasteiger partial charge is 0.245 e. The van der Waals surface area contributed by atoms with Crippen LogP contribution in [-0.4, -0.2) is 78.1 Å². The molecule has 0 saturated carbocycles. The van der Waals surface area contributed by atoms with Crippen molar-refractivity contribution < 1.29 is 19.3 Å². The maximum absolute atomic E-state index is 13.7. The molecule has 2 aromatic rings. The number of piperazine rings is 2. The molecule has 4 rings (SSSR count). The average molecular weight is 735 g/mol. The molecule has 0 spiro atoms. The molecule has 0 aliphatic carbocycles. The van der Waals surface area contributed by atoms with Gasteiger partial charge in [0.15, 0.2) is 0 Å². The Balaban J connectivity index is 0.000000286. The van der Waals surface area contributed by atoms with Gasteiger partial charge in [0.25, 0.3) is 0 Å². The van der Waals surface area contributed by atoms with Crippen molar-refractivity contribution in [3.05, 3.63) is 71.8 Å². The van der Waals surface area contributed by atoms with Crippen LogP contribution in [0.3, 0.4) is 0 Å². The lowest BCUT2D eigenvalue weighted by Crippen LogP contribution is -2.76. The van der Waals surface area contributed by atoms with Crippen molar-refractivity contribution in [2.24, 2.45) is 0 Å². The van der Waals surface area contributed by atoms with E-state index in [4.69, 9.17) is 9.68 Å². The number of hydroxylamine groups is 4. The first kappa shape index (κ1) is 44.6. The summed E-state index contributed by atoms with van der Waals surface area (Å²) in [4.78, 5) is 44.2. The second-order valence-corrected chi connectivity index (χ2v) is 17.5. The van der Waals surface area contributed by atoms with Crippen LogP contribution in [-0.2, 0) is 32.5 Å². The molecule has 1 atom stereocenters. The van der Waals surface area contributed by atoms with Gasteiger partial charge in [0, 0.05) is 24.2 Å². The Morgan fingerprint density at radius 2 is 0.887 bits per heavy atom. The predicted molar refractivity (Wildman–Crippen MR) is 218 cm³/mol. The van der Waals surface area contributed by atoms with E-state index in [0.717, 1.165) is 56.1 Å². The van der Waals surface area contributed by atoms with E-state index in [2.05, 4.69) is 134 Å². The van der Waals surface area contributed by atoms with E-state index in [0.29, 0.717) is 26.3 Å². The number of nitrogens with zero attached hydrogens (tertiary/aromatic N) is 4. The number of carbonyl (C=O) groups excluding carboxylic acids is 2. The summed E-state index contributed by atoms with van der Waals surface area (Å²) >= 11 is 0. The van der Waals surface area contributed by atoms with Crippen molar-refractivity contribution in [3.63, 3.8) is 0 Å². The van der Waals surface area contributed by atoms with Crippen molar-refractivity contribution in [2.45, 2.75) is 188 Å². The molecule has 2 aliphatic heterocycles. The van der Waals surface area contributed by atoms with Crippen molar-refractivity contribution in [3.8, 4) is 0 Å². The van der Waals surface area contributed by atoms with E-state index in [9.17, 15) is 9.59 Å². The third-order valence-corrected chi connectivity index (χ3v) is 12.5. The van der Waals surface area contributed by atoms with Gasteiger partial charge in [-0.1, -0.05) is 109 Å². The number of amides is 2. The topological polar surface area (TPSA) is 65.6 Å². The molecule has 8 nitrogen and oxygen atoms in total. The summed E-state index contributed by atoms with van der Waals surface area (Å²) in [6.07, 6.45) is 5.97. The summed E-state index contributed by atoms with van der Waals surface area (Å²) in [6.45, 7) is 32.4. The van der Waals surface area contributed by atoms with Gasteiger partial charge in [0.05, 0.1) is 24.3 Å². The Morgan fingerprint density at radius 3 is 1.23 bits per heavy atom. The summed E-state index contributed by atoms with van der Waals surface area (Å²) < 4.78 is 0. The highest BCUT2D eigenvalue weighted by atomic mass is 16.7. The van der Waals surface area contributed by atoms with Gasteiger partial charge in [-0.15, -0.1) is 0 Å². The molecule has 0 bridgehead atoms. The lowest BCUT2D eigenvalue weighted by atomic mass is 9.77. The fraction of sp³-hybridized carbons (Fsp3) is 0.689. The van der Waals surface area contributed by atoms with Gasteiger partial charge in [-0.2, -0.15) is 10.1 Å². The van der Waals surface area contributed by atoms with Crippen LogP contribution in [0.1, 0.15) is 153 Å². The Kier molecular flexibility index (Phi) is 15.0. The van der Waals surface area contributed by atoms with Crippen LogP contribution in [0.4, 0.5) is 0 Å². The maximum Gasteiger partial charge on any atom is 0.245 e. The van der Waals surface area contributed by atoms with E-state index in [-0.39, 0.29) is 34.0 Å². The summed E-state index contributed by atoms with van der Waals surface area (Å²) in [5, 5.41) is 4.16.